The normalized spacial score (nSPS) is 10.3. The lowest BCUT2D eigenvalue weighted by Crippen LogP contribution is -2.34. The molecule has 2 rings (SSSR count). The minimum Gasteiger partial charge on any atom is -0.343 e. The van der Waals surface area contributed by atoms with Crippen LogP contribution in [0.1, 0.15) is 15.9 Å². The van der Waals surface area contributed by atoms with Crippen molar-refractivity contribution in [3.05, 3.63) is 75.8 Å². The summed E-state index contributed by atoms with van der Waals surface area (Å²) in [5.41, 5.74) is 2.78. The first-order chi connectivity index (χ1) is 11.6. The molecule has 0 saturated heterocycles. The van der Waals surface area contributed by atoms with Gasteiger partial charge in [-0.1, -0.05) is 30.3 Å². The summed E-state index contributed by atoms with van der Waals surface area (Å²) in [5, 5.41) is 16.9. The van der Waals surface area contributed by atoms with Crippen LogP contribution in [-0.4, -0.2) is 29.5 Å². The van der Waals surface area contributed by atoms with Gasteiger partial charge in [0, 0.05) is 11.6 Å². The third kappa shape index (κ3) is 4.73. The van der Waals surface area contributed by atoms with Gasteiger partial charge in [-0.05, 0) is 18.2 Å². The monoisotopic (exact) mass is 326 g/mol. The van der Waals surface area contributed by atoms with Crippen LogP contribution >= 0.6 is 0 Å². The molecule has 0 heterocycles. The van der Waals surface area contributed by atoms with Crippen molar-refractivity contribution in [2.75, 3.05) is 6.54 Å². The summed E-state index contributed by atoms with van der Waals surface area (Å²) in [6.07, 6.45) is 1.18. The van der Waals surface area contributed by atoms with Crippen LogP contribution in [-0.2, 0) is 4.79 Å². The second kappa shape index (κ2) is 8.18. The van der Waals surface area contributed by atoms with Crippen LogP contribution in [0.5, 0.6) is 0 Å². The summed E-state index contributed by atoms with van der Waals surface area (Å²) in [6, 6.07) is 14.5. The zero-order chi connectivity index (χ0) is 17.4. The van der Waals surface area contributed by atoms with E-state index in [2.05, 4.69) is 15.8 Å². The fourth-order valence-electron chi connectivity index (χ4n) is 1.83. The van der Waals surface area contributed by atoms with Crippen LogP contribution in [0.4, 0.5) is 5.69 Å². The smallest absolute Gasteiger partial charge is 0.278 e. The molecule has 2 amide bonds. The van der Waals surface area contributed by atoms with Crippen LogP contribution in [0.3, 0.4) is 0 Å². The molecule has 2 aromatic rings. The Morgan fingerprint density at radius 1 is 1.08 bits per heavy atom. The first kappa shape index (κ1) is 16.8. The Kier molecular flexibility index (Phi) is 5.73. The molecule has 0 bridgehead atoms. The Balaban J connectivity index is 1.85. The second-order valence-electron chi connectivity index (χ2n) is 4.66. The minimum atomic E-state index is -0.547. The summed E-state index contributed by atoms with van der Waals surface area (Å²) in [7, 11) is 0. The first-order valence-electron chi connectivity index (χ1n) is 6.96. The largest absolute Gasteiger partial charge is 0.343 e. The van der Waals surface area contributed by atoms with Crippen LogP contribution in [0, 0.1) is 10.1 Å². The highest BCUT2D eigenvalue weighted by molar-refractivity contribution is 5.96. The number of rotatable bonds is 6. The molecule has 24 heavy (non-hydrogen) atoms. The second-order valence-corrected chi connectivity index (χ2v) is 4.66. The maximum Gasteiger partial charge on any atom is 0.278 e. The lowest BCUT2D eigenvalue weighted by Gasteiger charge is -2.04. The van der Waals surface area contributed by atoms with Gasteiger partial charge < -0.3 is 5.32 Å². The molecule has 122 valence electrons. The van der Waals surface area contributed by atoms with Gasteiger partial charge in [0.25, 0.3) is 17.5 Å². The molecule has 0 radical (unpaired) electrons. The standard InChI is InChI=1S/C16H14N4O4/c21-15(11-17-16(22)12-6-2-1-3-7-12)19-18-10-13-8-4-5-9-14(13)20(23)24/h1-10H,11H2,(H,17,22)(H,19,21)/b18-10+. The maximum absolute atomic E-state index is 11.8. The highest BCUT2D eigenvalue weighted by Crippen LogP contribution is 2.14. The Morgan fingerprint density at radius 3 is 2.46 bits per heavy atom. The van der Waals surface area contributed by atoms with E-state index in [1.807, 2.05) is 0 Å². The average Bonchev–Trinajstić information content (AvgIpc) is 2.60. The van der Waals surface area contributed by atoms with Gasteiger partial charge in [-0.3, -0.25) is 19.7 Å². The van der Waals surface area contributed by atoms with Crippen molar-refractivity contribution in [2.45, 2.75) is 0 Å². The molecule has 0 aliphatic rings. The predicted octanol–water partition coefficient (Wildman–Crippen LogP) is 1.47. The van der Waals surface area contributed by atoms with E-state index in [-0.39, 0.29) is 23.7 Å². The molecule has 0 saturated carbocycles. The molecule has 0 aromatic heterocycles. The number of nitro groups is 1. The van der Waals surface area contributed by atoms with E-state index in [0.717, 1.165) is 0 Å². The van der Waals surface area contributed by atoms with E-state index in [1.54, 1.807) is 36.4 Å². The van der Waals surface area contributed by atoms with Crippen LogP contribution < -0.4 is 10.7 Å². The van der Waals surface area contributed by atoms with E-state index >= 15 is 0 Å². The zero-order valence-electron chi connectivity index (χ0n) is 12.5. The van der Waals surface area contributed by atoms with E-state index in [4.69, 9.17) is 0 Å². The van der Waals surface area contributed by atoms with Gasteiger partial charge in [-0.15, -0.1) is 0 Å². The SMILES string of the molecule is O=C(CNC(=O)c1ccccc1)N/N=C/c1ccccc1[N+](=O)[O-]. The zero-order valence-corrected chi connectivity index (χ0v) is 12.5. The molecule has 0 spiro atoms. The van der Waals surface area contributed by atoms with E-state index in [9.17, 15) is 19.7 Å². The molecule has 8 nitrogen and oxygen atoms in total. The number of para-hydroxylation sites is 1. The number of benzene rings is 2. The minimum absolute atomic E-state index is 0.118. The van der Waals surface area contributed by atoms with Gasteiger partial charge in [-0.2, -0.15) is 5.10 Å². The van der Waals surface area contributed by atoms with E-state index in [1.165, 1.54) is 24.4 Å². The lowest BCUT2D eigenvalue weighted by molar-refractivity contribution is -0.385. The lowest BCUT2D eigenvalue weighted by atomic mass is 10.2. The van der Waals surface area contributed by atoms with Gasteiger partial charge in [-0.25, -0.2) is 5.43 Å². The van der Waals surface area contributed by atoms with Crippen molar-refractivity contribution in [1.82, 2.24) is 10.7 Å². The molecule has 0 atom stereocenters. The van der Waals surface area contributed by atoms with Gasteiger partial charge in [0.15, 0.2) is 0 Å². The molecule has 0 unspecified atom stereocenters. The number of nitrogens with zero attached hydrogens (tertiary/aromatic N) is 2. The molecule has 0 aliphatic heterocycles. The molecule has 2 N–H and O–H groups in total. The summed E-state index contributed by atoms with van der Waals surface area (Å²) in [5.74, 6) is -0.928. The number of carbonyl (C=O) groups is 2. The molecular formula is C16H14N4O4. The van der Waals surface area contributed by atoms with Crippen molar-refractivity contribution >= 4 is 23.7 Å². The van der Waals surface area contributed by atoms with Crippen molar-refractivity contribution in [2.24, 2.45) is 5.10 Å². The summed E-state index contributed by atoms with van der Waals surface area (Å²) in [6.45, 7) is -0.262. The molecule has 0 fully saturated rings. The molecule has 8 heteroatoms. The van der Waals surface area contributed by atoms with Crippen molar-refractivity contribution < 1.29 is 14.5 Å². The first-order valence-corrected chi connectivity index (χ1v) is 6.96. The van der Waals surface area contributed by atoms with Crippen molar-refractivity contribution in [3.8, 4) is 0 Å². The average molecular weight is 326 g/mol. The number of nitro benzene ring substituents is 1. The van der Waals surface area contributed by atoms with Crippen LogP contribution in [0.2, 0.25) is 0 Å². The Bertz CT molecular complexity index is 775. The Labute approximate surface area is 137 Å². The number of hydrazone groups is 1. The number of hydrogen-bond donors (Lipinski definition) is 2. The predicted molar refractivity (Wildman–Crippen MR) is 87.6 cm³/mol. The van der Waals surface area contributed by atoms with Gasteiger partial charge in [0.2, 0.25) is 0 Å². The fourth-order valence-corrected chi connectivity index (χ4v) is 1.83. The topological polar surface area (TPSA) is 114 Å². The summed E-state index contributed by atoms with van der Waals surface area (Å²) in [4.78, 5) is 33.7. The molecular weight excluding hydrogens is 312 g/mol. The van der Waals surface area contributed by atoms with Crippen LogP contribution in [0.15, 0.2) is 59.7 Å². The quantitative estimate of drug-likeness (QED) is 0.475. The van der Waals surface area contributed by atoms with E-state index in [0.29, 0.717) is 5.56 Å². The summed E-state index contributed by atoms with van der Waals surface area (Å²) >= 11 is 0. The molecule has 0 aliphatic carbocycles. The van der Waals surface area contributed by atoms with Crippen molar-refractivity contribution in [1.29, 1.82) is 0 Å². The summed E-state index contributed by atoms with van der Waals surface area (Å²) < 4.78 is 0. The Morgan fingerprint density at radius 2 is 1.75 bits per heavy atom. The van der Waals surface area contributed by atoms with Gasteiger partial charge in [0.1, 0.15) is 0 Å². The van der Waals surface area contributed by atoms with Gasteiger partial charge >= 0.3 is 0 Å². The molecule has 2 aromatic carbocycles. The number of amides is 2. The maximum atomic E-state index is 11.8. The highest BCUT2D eigenvalue weighted by Gasteiger charge is 2.10. The number of carbonyl (C=O) groups excluding carboxylic acids is 2. The van der Waals surface area contributed by atoms with Crippen LogP contribution in [0.25, 0.3) is 0 Å². The van der Waals surface area contributed by atoms with E-state index < -0.39 is 10.8 Å². The van der Waals surface area contributed by atoms with Crippen molar-refractivity contribution in [3.63, 3.8) is 0 Å². The number of nitrogens with one attached hydrogen (secondary N) is 2. The third-order valence-electron chi connectivity index (χ3n) is 2.97. The highest BCUT2D eigenvalue weighted by atomic mass is 16.6. The Hall–Kier alpha value is -3.55. The van der Waals surface area contributed by atoms with Gasteiger partial charge in [0.05, 0.1) is 23.2 Å². The fraction of sp³-hybridized carbons (Fsp3) is 0.0625. The number of hydrogen-bond acceptors (Lipinski definition) is 5. The third-order valence-corrected chi connectivity index (χ3v) is 2.97.